The number of para-hydroxylation sites is 1. The van der Waals surface area contributed by atoms with Gasteiger partial charge in [-0.1, -0.05) is 32.0 Å². The third kappa shape index (κ3) is 6.27. The molecule has 0 aliphatic rings. The highest BCUT2D eigenvalue weighted by Crippen LogP contribution is 2.28. The molecule has 0 spiro atoms. The summed E-state index contributed by atoms with van der Waals surface area (Å²) in [6, 6.07) is 13.2. The molecule has 0 fully saturated rings. The molecule has 0 aliphatic heterocycles. The van der Waals surface area contributed by atoms with Crippen LogP contribution in [0.2, 0.25) is 0 Å². The number of aliphatic hydroxyl groups excluding tert-OH is 1. The number of aliphatic hydroxyl groups is 1. The van der Waals surface area contributed by atoms with Crippen molar-refractivity contribution < 1.29 is 19.4 Å². The number of hydrogen-bond acceptors (Lipinski definition) is 5. The fourth-order valence-corrected chi connectivity index (χ4v) is 4.32. The Balaban J connectivity index is 1.80. The van der Waals surface area contributed by atoms with Gasteiger partial charge in [0.1, 0.15) is 0 Å². The monoisotopic (exact) mass is 464 g/mol. The third-order valence-electron chi connectivity index (χ3n) is 5.86. The number of ketones is 1. The zero-order valence-electron chi connectivity index (χ0n) is 20.7. The number of aromatic nitrogens is 1. The summed E-state index contributed by atoms with van der Waals surface area (Å²) in [6.07, 6.45) is 7.10. The Kier molecular flexibility index (Phi) is 9.31. The summed E-state index contributed by atoms with van der Waals surface area (Å²) in [5.74, 6) is 0.987. The molecule has 34 heavy (non-hydrogen) atoms. The van der Waals surface area contributed by atoms with Crippen LogP contribution in [0.25, 0.3) is 17.0 Å². The fourth-order valence-electron chi connectivity index (χ4n) is 4.32. The van der Waals surface area contributed by atoms with Crippen molar-refractivity contribution in [2.75, 3.05) is 33.9 Å². The minimum absolute atomic E-state index is 0.118. The molecule has 1 heterocycles. The highest BCUT2D eigenvalue weighted by Gasteiger charge is 2.14. The average Bonchev–Trinajstić information content (AvgIpc) is 3.19. The first-order valence-electron chi connectivity index (χ1n) is 11.9. The lowest BCUT2D eigenvalue weighted by Crippen LogP contribution is -2.35. The first kappa shape index (κ1) is 25.5. The van der Waals surface area contributed by atoms with E-state index in [9.17, 15) is 9.90 Å². The molecule has 0 radical (unpaired) electrons. The van der Waals surface area contributed by atoms with E-state index < -0.39 is 6.10 Å². The standard InChI is InChI=1S/C28H36N2O4/c1-5-15-29(16-6-2)19-23(31)20-30-18-22(24-9-7-8-10-25(24)30)11-13-26(32)21-12-14-27(33-3)28(17-21)34-4/h7-14,17-18,23,31H,5-6,15-16,19-20H2,1-4H3/b13-11-/t23-/m0/s1. The number of ether oxygens (including phenoxy) is 2. The molecule has 3 aromatic rings. The molecular formula is C28H36N2O4. The Bertz CT molecular complexity index is 1110. The summed E-state index contributed by atoms with van der Waals surface area (Å²) in [6.45, 7) is 7.46. The van der Waals surface area contributed by atoms with Gasteiger partial charge in [-0.25, -0.2) is 0 Å². The van der Waals surface area contributed by atoms with Crippen molar-refractivity contribution in [1.29, 1.82) is 0 Å². The van der Waals surface area contributed by atoms with E-state index in [1.54, 1.807) is 38.5 Å². The maximum absolute atomic E-state index is 12.8. The van der Waals surface area contributed by atoms with Gasteiger partial charge in [-0.15, -0.1) is 0 Å². The quantitative estimate of drug-likeness (QED) is 0.284. The van der Waals surface area contributed by atoms with E-state index in [0.717, 1.165) is 42.4 Å². The van der Waals surface area contributed by atoms with Crippen LogP contribution in [-0.4, -0.2) is 60.3 Å². The van der Waals surface area contributed by atoms with Crippen molar-refractivity contribution in [2.24, 2.45) is 0 Å². The third-order valence-corrected chi connectivity index (χ3v) is 5.86. The number of hydrogen-bond donors (Lipinski definition) is 1. The number of nitrogens with zero attached hydrogens (tertiary/aromatic N) is 2. The molecule has 1 N–H and O–H groups in total. The predicted molar refractivity (Wildman–Crippen MR) is 138 cm³/mol. The van der Waals surface area contributed by atoms with Crippen LogP contribution < -0.4 is 9.47 Å². The lowest BCUT2D eigenvalue weighted by Gasteiger charge is -2.24. The highest BCUT2D eigenvalue weighted by atomic mass is 16.5. The van der Waals surface area contributed by atoms with Gasteiger partial charge in [0.05, 0.1) is 20.3 Å². The Hall–Kier alpha value is -3.09. The van der Waals surface area contributed by atoms with Crippen LogP contribution >= 0.6 is 0 Å². The van der Waals surface area contributed by atoms with E-state index in [1.165, 1.54) is 0 Å². The predicted octanol–water partition coefficient (Wildman–Crippen LogP) is 5.04. The molecule has 0 saturated carbocycles. The Labute approximate surface area is 202 Å². The smallest absolute Gasteiger partial charge is 0.185 e. The number of allylic oxidation sites excluding steroid dienone is 1. The van der Waals surface area contributed by atoms with Gasteiger partial charge in [0.2, 0.25) is 0 Å². The fraction of sp³-hybridized carbons (Fsp3) is 0.393. The van der Waals surface area contributed by atoms with Crippen molar-refractivity contribution in [3.8, 4) is 11.5 Å². The van der Waals surface area contributed by atoms with Crippen LogP contribution in [0.15, 0.2) is 54.7 Å². The highest BCUT2D eigenvalue weighted by molar-refractivity contribution is 6.08. The average molecular weight is 465 g/mol. The van der Waals surface area contributed by atoms with Gasteiger partial charge in [-0.3, -0.25) is 4.79 Å². The maximum Gasteiger partial charge on any atom is 0.185 e. The molecule has 0 amide bonds. The summed E-state index contributed by atoms with van der Waals surface area (Å²) in [5.41, 5.74) is 2.51. The van der Waals surface area contributed by atoms with Crippen molar-refractivity contribution in [2.45, 2.75) is 39.3 Å². The second-order valence-corrected chi connectivity index (χ2v) is 8.48. The molecule has 6 nitrogen and oxygen atoms in total. The van der Waals surface area contributed by atoms with Crippen LogP contribution in [0.3, 0.4) is 0 Å². The maximum atomic E-state index is 12.8. The molecule has 1 atom stereocenters. The minimum Gasteiger partial charge on any atom is -0.493 e. The normalized spacial score (nSPS) is 12.5. The molecule has 3 rings (SSSR count). The minimum atomic E-state index is -0.473. The number of rotatable bonds is 13. The largest absolute Gasteiger partial charge is 0.493 e. The second kappa shape index (κ2) is 12.4. The van der Waals surface area contributed by atoms with E-state index >= 15 is 0 Å². The van der Waals surface area contributed by atoms with E-state index in [-0.39, 0.29) is 5.78 Å². The molecular weight excluding hydrogens is 428 g/mol. The van der Waals surface area contributed by atoms with E-state index in [1.807, 2.05) is 36.5 Å². The van der Waals surface area contributed by atoms with Crippen LogP contribution in [-0.2, 0) is 6.54 Å². The van der Waals surface area contributed by atoms with E-state index in [0.29, 0.717) is 30.2 Å². The van der Waals surface area contributed by atoms with Crippen molar-refractivity contribution in [1.82, 2.24) is 9.47 Å². The topological polar surface area (TPSA) is 63.9 Å². The molecule has 0 unspecified atom stereocenters. The summed E-state index contributed by atoms with van der Waals surface area (Å²) < 4.78 is 12.6. The second-order valence-electron chi connectivity index (χ2n) is 8.48. The van der Waals surface area contributed by atoms with Gasteiger partial charge in [-0.05, 0) is 62.3 Å². The summed E-state index contributed by atoms with van der Waals surface area (Å²) in [5, 5.41) is 11.8. The Morgan fingerprint density at radius 3 is 2.44 bits per heavy atom. The van der Waals surface area contributed by atoms with Crippen molar-refractivity contribution >= 4 is 22.8 Å². The van der Waals surface area contributed by atoms with Crippen LogP contribution in [0.5, 0.6) is 11.5 Å². The Morgan fingerprint density at radius 2 is 1.76 bits per heavy atom. The SMILES string of the molecule is CCCN(CCC)C[C@H](O)Cn1cc(/C=C\C(=O)c2ccc(OC)c(OC)c2)c2ccccc21. The first-order chi connectivity index (χ1) is 16.5. The summed E-state index contributed by atoms with van der Waals surface area (Å²) in [4.78, 5) is 15.1. The number of carbonyl (C=O) groups excluding carboxylic acids is 1. The van der Waals surface area contributed by atoms with Gasteiger partial charge in [0, 0.05) is 41.3 Å². The zero-order valence-corrected chi connectivity index (χ0v) is 20.7. The van der Waals surface area contributed by atoms with Gasteiger partial charge in [0.15, 0.2) is 17.3 Å². The molecule has 0 bridgehead atoms. The number of carbonyl (C=O) groups is 1. The van der Waals surface area contributed by atoms with E-state index in [4.69, 9.17) is 9.47 Å². The van der Waals surface area contributed by atoms with Gasteiger partial charge in [0.25, 0.3) is 0 Å². The number of benzene rings is 2. The lowest BCUT2D eigenvalue weighted by atomic mass is 10.1. The van der Waals surface area contributed by atoms with Crippen molar-refractivity contribution in [3.05, 3.63) is 65.9 Å². The lowest BCUT2D eigenvalue weighted by molar-refractivity contribution is 0.0988. The van der Waals surface area contributed by atoms with E-state index in [2.05, 4.69) is 23.3 Å². The van der Waals surface area contributed by atoms with Crippen molar-refractivity contribution in [3.63, 3.8) is 0 Å². The summed E-state index contributed by atoms with van der Waals surface area (Å²) >= 11 is 0. The summed E-state index contributed by atoms with van der Waals surface area (Å²) in [7, 11) is 3.12. The molecule has 0 saturated heterocycles. The van der Waals surface area contributed by atoms with Gasteiger partial charge < -0.3 is 24.0 Å². The van der Waals surface area contributed by atoms with Gasteiger partial charge in [-0.2, -0.15) is 0 Å². The first-order valence-corrected chi connectivity index (χ1v) is 11.9. The molecule has 2 aromatic carbocycles. The zero-order chi connectivity index (χ0) is 24.5. The molecule has 0 aliphatic carbocycles. The van der Waals surface area contributed by atoms with Crippen LogP contribution in [0, 0.1) is 0 Å². The number of methoxy groups -OCH3 is 2. The number of fused-ring (bicyclic) bond motifs is 1. The van der Waals surface area contributed by atoms with Crippen LogP contribution in [0.4, 0.5) is 0 Å². The molecule has 182 valence electrons. The molecule has 6 heteroatoms. The Morgan fingerprint density at radius 1 is 1.06 bits per heavy atom. The van der Waals surface area contributed by atoms with Gasteiger partial charge >= 0.3 is 0 Å². The van der Waals surface area contributed by atoms with Crippen LogP contribution in [0.1, 0.15) is 42.6 Å². The molecule has 1 aromatic heterocycles.